The van der Waals surface area contributed by atoms with Gasteiger partial charge < -0.3 is 53.1 Å². The number of methoxy groups -OCH3 is 1. The van der Waals surface area contributed by atoms with Gasteiger partial charge in [-0.2, -0.15) is 0 Å². The van der Waals surface area contributed by atoms with Crippen molar-refractivity contribution in [3.63, 3.8) is 0 Å². The van der Waals surface area contributed by atoms with Gasteiger partial charge >= 0.3 is 11.9 Å². The van der Waals surface area contributed by atoms with Crippen molar-refractivity contribution < 1.29 is 62.1 Å². The van der Waals surface area contributed by atoms with Crippen molar-refractivity contribution in [1.82, 2.24) is 5.32 Å². The van der Waals surface area contributed by atoms with Gasteiger partial charge in [0, 0.05) is 26.0 Å². The van der Waals surface area contributed by atoms with Crippen LogP contribution in [0, 0.1) is 5.92 Å². The number of aliphatic carboxylic acids is 1. The number of carboxylic acid groups (broad SMARTS) is 1. The van der Waals surface area contributed by atoms with Gasteiger partial charge in [0.25, 0.3) is 0 Å². The summed E-state index contributed by atoms with van der Waals surface area (Å²) in [5, 5.41) is 12.5. The molecule has 0 aliphatic heterocycles. The van der Waals surface area contributed by atoms with Crippen molar-refractivity contribution in [1.29, 1.82) is 0 Å². The van der Waals surface area contributed by atoms with Crippen molar-refractivity contribution in [2.24, 2.45) is 5.92 Å². The first-order valence-electron chi connectivity index (χ1n) is 18.9. The summed E-state index contributed by atoms with van der Waals surface area (Å²) in [5.74, 6) is -2.61. The lowest BCUT2D eigenvalue weighted by Crippen LogP contribution is -2.26. The number of nitrogens with one attached hydrogen (secondary N) is 1. The van der Waals surface area contributed by atoms with E-state index in [-0.39, 0.29) is 37.9 Å². The zero-order valence-corrected chi connectivity index (χ0v) is 31.7. The Morgan fingerprint density at radius 3 is 1.54 bits per heavy atom. The molecule has 1 aliphatic carbocycles. The predicted molar refractivity (Wildman–Crippen MR) is 200 cm³/mol. The predicted octanol–water partition coefficient (Wildman–Crippen LogP) is 3.87. The second-order valence-electron chi connectivity index (χ2n) is 12.5. The number of esters is 1. The Bertz CT molecular complexity index is 1280. The van der Waals surface area contributed by atoms with Crippen LogP contribution in [-0.4, -0.2) is 142 Å². The summed E-state index contributed by atoms with van der Waals surface area (Å²) in [6.07, 6.45) is 1.49. The fraction of sp³-hybridized carbons (Fsp3) is 0.625. The molecule has 0 unspecified atom stereocenters. The van der Waals surface area contributed by atoms with Crippen LogP contribution in [0.5, 0.6) is 0 Å². The van der Waals surface area contributed by atoms with Crippen molar-refractivity contribution in [3.05, 3.63) is 59.7 Å². The average Bonchev–Trinajstić information content (AvgIpc) is 3.50. The fourth-order valence-electron chi connectivity index (χ4n) is 5.75. The van der Waals surface area contributed by atoms with Gasteiger partial charge in [0.15, 0.2) is 0 Å². The van der Waals surface area contributed by atoms with E-state index >= 15 is 0 Å². The molecule has 1 aliphatic rings. The van der Waals surface area contributed by atoms with E-state index in [1.165, 1.54) is 0 Å². The van der Waals surface area contributed by atoms with Crippen LogP contribution in [0.25, 0.3) is 11.1 Å². The average molecular weight is 762 g/mol. The molecule has 0 saturated heterocycles. The van der Waals surface area contributed by atoms with Gasteiger partial charge in [0.1, 0.15) is 6.61 Å². The Morgan fingerprint density at radius 1 is 0.630 bits per heavy atom. The van der Waals surface area contributed by atoms with Gasteiger partial charge in [-0.3, -0.25) is 14.4 Å². The highest BCUT2D eigenvalue weighted by Gasteiger charge is 2.30. The van der Waals surface area contributed by atoms with E-state index in [2.05, 4.69) is 17.4 Å². The highest BCUT2D eigenvalue weighted by molar-refractivity contribution is 5.80. The lowest BCUT2D eigenvalue weighted by molar-refractivity contribution is -0.152. The summed E-state index contributed by atoms with van der Waals surface area (Å²) < 4.78 is 48.5. The first-order chi connectivity index (χ1) is 26.5. The number of unbranched alkanes of at least 4 members (excludes halogenated alkanes) is 1. The minimum atomic E-state index is -1.03. The van der Waals surface area contributed by atoms with Crippen LogP contribution >= 0.6 is 0 Å². The molecule has 302 valence electrons. The van der Waals surface area contributed by atoms with Crippen molar-refractivity contribution in [2.75, 3.05) is 119 Å². The monoisotopic (exact) mass is 761 g/mol. The molecule has 1 amide bonds. The Kier molecular flexibility index (Phi) is 24.0. The smallest absolute Gasteiger partial charge is 0.307 e. The molecule has 14 nitrogen and oxygen atoms in total. The summed E-state index contributed by atoms with van der Waals surface area (Å²) in [4.78, 5) is 36.6. The SMILES string of the molecule is COCCOCCOCCOCCOCCOCCOCCOCCC(=O)NCCCC[C@H](CC(=O)OCC1c2ccccc2-c2ccccc21)C(=O)O. The standard InChI is InChI=1S/C40H59NO13/c1-46-16-17-48-20-21-50-24-25-52-28-29-53-27-26-51-23-22-49-19-18-47-15-13-38(42)41-14-7-6-8-32(40(44)45)30-39(43)54-31-37-35-11-4-2-9-33(35)34-10-3-5-12-36(34)37/h2-5,9-12,32,37H,6-8,13-31H2,1H3,(H,41,42)(H,44,45)/t32-/m1/s1. The molecule has 2 aromatic carbocycles. The minimum absolute atomic E-state index is 0.0763. The topological polar surface area (TPSA) is 167 Å². The molecule has 1 atom stereocenters. The lowest BCUT2D eigenvalue weighted by Gasteiger charge is -2.16. The third-order valence-corrected chi connectivity index (χ3v) is 8.57. The van der Waals surface area contributed by atoms with E-state index in [0.29, 0.717) is 118 Å². The number of benzene rings is 2. The summed E-state index contributed by atoms with van der Waals surface area (Å²) in [5.41, 5.74) is 4.47. The largest absolute Gasteiger partial charge is 0.481 e. The van der Waals surface area contributed by atoms with Crippen molar-refractivity contribution in [3.8, 4) is 11.1 Å². The molecule has 54 heavy (non-hydrogen) atoms. The first-order valence-corrected chi connectivity index (χ1v) is 18.9. The first kappa shape index (κ1) is 44.9. The van der Waals surface area contributed by atoms with E-state index in [0.717, 1.165) is 22.3 Å². The highest BCUT2D eigenvalue weighted by atomic mass is 16.6. The van der Waals surface area contributed by atoms with E-state index in [4.69, 9.17) is 42.6 Å². The van der Waals surface area contributed by atoms with E-state index in [9.17, 15) is 19.5 Å². The molecule has 0 bridgehead atoms. The fourth-order valence-corrected chi connectivity index (χ4v) is 5.75. The van der Waals surface area contributed by atoms with Crippen LogP contribution < -0.4 is 5.32 Å². The molecule has 0 fully saturated rings. The number of carbonyl (C=O) groups is 3. The molecule has 0 aromatic heterocycles. The Labute approximate surface area is 319 Å². The highest BCUT2D eigenvalue weighted by Crippen LogP contribution is 2.44. The molecule has 3 rings (SSSR count). The summed E-state index contributed by atoms with van der Waals surface area (Å²) >= 11 is 0. The quantitative estimate of drug-likeness (QED) is 0.0781. The van der Waals surface area contributed by atoms with Crippen LogP contribution in [-0.2, 0) is 57.0 Å². The van der Waals surface area contributed by atoms with Crippen LogP contribution in [0.4, 0.5) is 0 Å². The summed E-state index contributed by atoms with van der Waals surface area (Å²) in [6.45, 7) is 7.60. The van der Waals surface area contributed by atoms with Gasteiger partial charge in [-0.1, -0.05) is 55.0 Å². The second kappa shape index (κ2) is 28.9. The van der Waals surface area contributed by atoms with Crippen molar-refractivity contribution >= 4 is 17.8 Å². The number of ether oxygens (including phenoxy) is 9. The molecule has 0 spiro atoms. The van der Waals surface area contributed by atoms with Crippen LogP contribution in [0.3, 0.4) is 0 Å². The number of amides is 1. The van der Waals surface area contributed by atoms with Gasteiger partial charge in [0.2, 0.25) is 5.91 Å². The van der Waals surface area contributed by atoms with E-state index in [1.54, 1.807) is 7.11 Å². The maximum Gasteiger partial charge on any atom is 0.307 e. The number of rotatable bonds is 34. The molecule has 2 aromatic rings. The van der Waals surface area contributed by atoms with Gasteiger partial charge in [-0.05, 0) is 35.1 Å². The third kappa shape index (κ3) is 18.7. The summed E-state index contributed by atoms with van der Waals surface area (Å²) in [7, 11) is 1.63. The Hall–Kier alpha value is -3.47. The molecule has 2 N–H and O–H groups in total. The van der Waals surface area contributed by atoms with Gasteiger partial charge in [-0.25, -0.2) is 0 Å². The Balaban J connectivity index is 1.07. The molecular weight excluding hydrogens is 702 g/mol. The normalized spacial score (nSPS) is 12.7. The molecule has 14 heteroatoms. The number of carboxylic acids is 1. The Morgan fingerprint density at radius 2 is 1.07 bits per heavy atom. The second-order valence-corrected chi connectivity index (χ2v) is 12.5. The number of hydrogen-bond acceptors (Lipinski definition) is 12. The van der Waals surface area contributed by atoms with Crippen LogP contribution in [0.1, 0.15) is 49.1 Å². The van der Waals surface area contributed by atoms with Crippen molar-refractivity contribution in [2.45, 2.75) is 38.0 Å². The zero-order chi connectivity index (χ0) is 38.5. The third-order valence-electron chi connectivity index (χ3n) is 8.57. The van der Waals surface area contributed by atoms with Gasteiger partial charge in [-0.15, -0.1) is 0 Å². The molecule has 0 heterocycles. The lowest BCUT2D eigenvalue weighted by atomic mass is 9.97. The summed E-state index contributed by atoms with van der Waals surface area (Å²) in [6, 6.07) is 16.1. The van der Waals surface area contributed by atoms with E-state index in [1.807, 2.05) is 36.4 Å². The number of hydrogen-bond donors (Lipinski definition) is 2. The zero-order valence-electron chi connectivity index (χ0n) is 31.7. The van der Waals surface area contributed by atoms with Crippen LogP contribution in [0.2, 0.25) is 0 Å². The number of fused-ring (bicyclic) bond motifs is 3. The maximum absolute atomic E-state index is 12.7. The molecule has 0 saturated carbocycles. The van der Waals surface area contributed by atoms with Gasteiger partial charge in [0.05, 0.1) is 111 Å². The van der Waals surface area contributed by atoms with E-state index < -0.39 is 17.9 Å². The van der Waals surface area contributed by atoms with Crippen LogP contribution in [0.15, 0.2) is 48.5 Å². The molecule has 0 radical (unpaired) electrons. The maximum atomic E-state index is 12.7. The number of carbonyl (C=O) groups excluding carboxylic acids is 2. The minimum Gasteiger partial charge on any atom is -0.481 e. The molecular formula is C40H59NO13.